The van der Waals surface area contributed by atoms with Crippen LogP contribution in [0.1, 0.15) is 86.5 Å². The molecule has 0 aromatic carbocycles. The molecule has 1 aliphatic rings. The molecule has 1 aliphatic carbocycles. The summed E-state index contributed by atoms with van der Waals surface area (Å²) in [6, 6.07) is 0. The smallest absolute Gasteiger partial charge is 0.0280 e. The minimum absolute atomic E-state index is 1.33. The lowest BCUT2D eigenvalue weighted by Crippen LogP contribution is -1.99. The van der Waals surface area contributed by atoms with Crippen LogP contribution < -0.4 is 0 Å². The lowest BCUT2D eigenvalue weighted by atomic mass is 9.87. The van der Waals surface area contributed by atoms with Crippen molar-refractivity contribution in [3.05, 3.63) is 11.1 Å². The highest BCUT2D eigenvalue weighted by Crippen LogP contribution is 2.30. The second-order valence-electron chi connectivity index (χ2n) is 3.99. The Morgan fingerprint density at radius 3 is 1.47 bits per heavy atom. The van der Waals surface area contributed by atoms with E-state index in [1.165, 1.54) is 44.9 Å². The molecule has 0 N–H and O–H groups in total. The molecular weight excluding hydrogens is 180 g/mol. The first-order chi connectivity index (χ1) is 7.26. The predicted molar refractivity (Wildman–Crippen MR) is 73.4 cm³/mol. The summed E-state index contributed by atoms with van der Waals surface area (Å²) in [6.45, 7) is 12.9. The number of hydrogen-bond donors (Lipinski definition) is 0. The van der Waals surface area contributed by atoms with E-state index in [-0.39, 0.29) is 0 Å². The predicted octanol–water partition coefficient (Wildman–Crippen LogP) is 6.12. The third-order valence-electron chi connectivity index (χ3n) is 2.66. The van der Waals surface area contributed by atoms with Crippen molar-refractivity contribution in [2.24, 2.45) is 0 Å². The molecule has 0 aromatic rings. The number of hydrogen-bond acceptors (Lipinski definition) is 0. The van der Waals surface area contributed by atoms with Crippen LogP contribution in [0.15, 0.2) is 11.1 Å². The van der Waals surface area contributed by atoms with Crippen LogP contribution in [0.2, 0.25) is 0 Å². The molecule has 0 spiro atoms. The molecular formula is C15H32. The highest BCUT2D eigenvalue weighted by molar-refractivity contribution is 5.21. The molecule has 0 atom stereocenters. The molecule has 0 heterocycles. The molecule has 0 saturated carbocycles. The van der Waals surface area contributed by atoms with E-state index in [9.17, 15) is 0 Å². The van der Waals surface area contributed by atoms with E-state index in [1.807, 2.05) is 13.8 Å². The molecule has 0 heteroatoms. The average molecular weight is 212 g/mol. The Hall–Kier alpha value is -0.260. The summed E-state index contributed by atoms with van der Waals surface area (Å²) in [4.78, 5) is 0. The lowest BCUT2D eigenvalue weighted by molar-refractivity contribution is 0.718. The lowest BCUT2D eigenvalue weighted by Gasteiger charge is -2.19. The van der Waals surface area contributed by atoms with Gasteiger partial charge in [-0.1, -0.05) is 71.4 Å². The Labute approximate surface area is 98.2 Å². The molecule has 15 heavy (non-hydrogen) atoms. The topological polar surface area (TPSA) is 0 Å². The van der Waals surface area contributed by atoms with Crippen molar-refractivity contribution < 1.29 is 0 Å². The van der Waals surface area contributed by atoms with Gasteiger partial charge in [-0.05, 0) is 26.2 Å². The van der Waals surface area contributed by atoms with E-state index in [0.717, 1.165) is 0 Å². The van der Waals surface area contributed by atoms with Crippen LogP contribution in [-0.2, 0) is 0 Å². The summed E-state index contributed by atoms with van der Waals surface area (Å²) >= 11 is 0. The fourth-order valence-electron chi connectivity index (χ4n) is 1.55. The summed E-state index contributed by atoms with van der Waals surface area (Å²) in [7, 11) is 0. The number of allylic oxidation sites excluding steroid dienone is 2. The fraction of sp³-hybridized carbons (Fsp3) is 0.867. The van der Waals surface area contributed by atoms with E-state index in [2.05, 4.69) is 27.7 Å². The Morgan fingerprint density at radius 2 is 1.40 bits per heavy atom. The van der Waals surface area contributed by atoms with Crippen LogP contribution in [0, 0.1) is 0 Å². The van der Waals surface area contributed by atoms with Crippen molar-refractivity contribution >= 4 is 0 Å². The normalized spacial score (nSPS) is 13.2. The van der Waals surface area contributed by atoms with Gasteiger partial charge in [-0.3, -0.25) is 0 Å². The Balaban J connectivity index is 0. The van der Waals surface area contributed by atoms with E-state index < -0.39 is 0 Å². The van der Waals surface area contributed by atoms with E-state index in [0.29, 0.717) is 0 Å². The molecule has 0 nitrogen and oxygen atoms in total. The molecule has 1 rings (SSSR count). The minimum Gasteiger partial charge on any atom is -0.0738 e. The van der Waals surface area contributed by atoms with Gasteiger partial charge < -0.3 is 0 Å². The largest absolute Gasteiger partial charge is 0.0738 e. The summed E-state index contributed by atoms with van der Waals surface area (Å²) in [6.07, 6.45) is 9.51. The zero-order chi connectivity index (χ0) is 12.1. The van der Waals surface area contributed by atoms with Gasteiger partial charge in [-0.2, -0.15) is 0 Å². The first kappa shape index (κ1) is 17.1. The van der Waals surface area contributed by atoms with Crippen molar-refractivity contribution in [3.8, 4) is 0 Å². The van der Waals surface area contributed by atoms with Gasteiger partial charge in [-0.25, -0.2) is 0 Å². The van der Waals surface area contributed by atoms with Gasteiger partial charge in [0.15, 0.2) is 0 Å². The van der Waals surface area contributed by atoms with Gasteiger partial charge in [0, 0.05) is 0 Å². The second-order valence-corrected chi connectivity index (χ2v) is 3.99. The van der Waals surface area contributed by atoms with Crippen molar-refractivity contribution in [2.45, 2.75) is 86.5 Å². The van der Waals surface area contributed by atoms with Gasteiger partial charge in [0.25, 0.3) is 0 Å². The third-order valence-corrected chi connectivity index (χ3v) is 2.66. The van der Waals surface area contributed by atoms with Gasteiger partial charge in [-0.15, -0.1) is 0 Å². The first-order valence-corrected chi connectivity index (χ1v) is 6.93. The van der Waals surface area contributed by atoms with E-state index >= 15 is 0 Å². The zero-order valence-electron chi connectivity index (χ0n) is 11.9. The maximum atomic E-state index is 2.26. The van der Waals surface area contributed by atoms with Crippen LogP contribution in [-0.4, -0.2) is 0 Å². The summed E-state index contributed by atoms with van der Waals surface area (Å²) < 4.78 is 0. The van der Waals surface area contributed by atoms with Crippen molar-refractivity contribution in [1.29, 1.82) is 0 Å². The Bertz CT molecular complexity index is 140. The van der Waals surface area contributed by atoms with Crippen LogP contribution in [0.25, 0.3) is 0 Å². The highest BCUT2D eigenvalue weighted by atomic mass is 14.2. The number of unbranched alkanes of at least 4 members (excludes halogenated alkanes) is 2. The summed E-state index contributed by atoms with van der Waals surface area (Å²) in [5, 5.41) is 0. The minimum atomic E-state index is 1.33. The summed E-state index contributed by atoms with van der Waals surface area (Å²) in [5.74, 6) is 0. The average Bonchev–Trinajstić information content (AvgIpc) is 2.28. The first-order valence-electron chi connectivity index (χ1n) is 6.93. The molecule has 0 bridgehead atoms. The van der Waals surface area contributed by atoms with Gasteiger partial charge in [0.2, 0.25) is 0 Å². The highest BCUT2D eigenvalue weighted by Gasteiger charge is 2.10. The monoisotopic (exact) mass is 212 g/mol. The van der Waals surface area contributed by atoms with Crippen molar-refractivity contribution in [2.75, 3.05) is 0 Å². The van der Waals surface area contributed by atoms with Gasteiger partial charge >= 0.3 is 0 Å². The molecule has 92 valence electrons. The van der Waals surface area contributed by atoms with Crippen LogP contribution in [0.3, 0.4) is 0 Å². The van der Waals surface area contributed by atoms with Gasteiger partial charge in [0.1, 0.15) is 0 Å². The SMILES string of the molecule is CC.CCCC1=C(C)CC1.CCCCC. The third kappa shape index (κ3) is 10.0. The summed E-state index contributed by atoms with van der Waals surface area (Å²) in [5.41, 5.74) is 3.39. The molecule has 0 amide bonds. The molecule has 0 aromatic heterocycles. The van der Waals surface area contributed by atoms with Crippen LogP contribution >= 0.6 is 0 Å². The quantitative estimate of drug-likeness (QED) is 0.492. The number of rotatable bonds is 4. The van der Waals surface area contributed by atoms with Crippen molar-refractivity contribution in [3.63, 3.8) is 0 Å². The fourth-order valence-corrected chi connectivity index (χ4v) is 1.55. The van der Waals surface area contributed by atoms with Crippen LogP contribution in [0.5, 0.6) is 0 Å². The molecule has 0 aliphatic heterocycles. The van der Waals surface area contributed by atoms with Crippen LogP contribution in [0.4, 0.5) is 0 Å². The molecule has 0 radical (unpaired) electrons. The zero-order valence-corrected chi connectivity index (χ0v) is 11.9. The second kappa shape index (κ2) is 13.7. The molecule has 0 fully saturated rings. The maximum Gasteiger partial charge on any atom is -0.0280 e. The van der Waals surface area contributed by atoms with E-state index in [1.54, 1.807) is 11.1 Å². The Morgan fingerprint density at radius 1 is 0.867 bits per heavy atom. The maximum absolute atomic E-state index is 2.26. The standard InChI is InChI=1S/C8H14.C5H12.C2H6/c1-3-4-8-6-5-7(8)2;1-3-5-4-2;1-2/h3-6H2,1-2H3;3-5H2,1-2H3;1-2H3. The van der Waals surface area contributed by atoms with Gasteiger partial charge in [0.05, 0.1) is 0 Å². The van der Waals surface area contributed by atoms with Crippen molar-refractivity contribution in [1.82, 2.24) is 0 Å². The molecule has 0 unspecified atom stereocenters. The Kier molecular flexibility index (Phi) is 15.7. The van der Waals surface area contributed by atoms with E-state index in [4.69, 9.17) is 0 Å². The molecule has 0 saturated heterocycles.